The quantitative estimate of drug-likeness (QED) is 0.432. The Bertz CT molecular complexity index is 1120. The smallest absolute Gasteiger partial charge is 0.340 e. The molecule has 0 aliphatic carbocycles. The first kappa shape index (κ1) is 20.2. The summed E-state index contributed by atoms with van der Waals surface area (Å²) < 4.78 is 28.7. The molecule has 0 saturated heterocycles. The van der Waals surface area contributed by atoms with Crippen LogP contribution in [0, 0.1) is 12.7 Å². The third-order valence-electron chi connectivity index (χ3n) is 4.29. The summed E-state index contributed by atoms with van der Waals surface area (Å²) in [6, 6.07) is 7.06. The third-order valence-corrected chi connectivity index (χ3v) is 4.93. The summed E-state index contributed by atoms with van der Waals surface area (Å²) >= 11 is 12.3. The SMILES string of the molecule is COC(=O)Cc1c(C)c2cc(Cl)c(OCc3ccc(F)cc3Cl)cc2oc1=O. The second kappa shape index (κ2) is 8.20. The molecule has 0 saturated carbocycles. The Morgan fingerprint density at radius 1 is 1.18 bits per heavy atom. The first-order chi connectivity index (χ1) is 13.3. The van der Waals surface area contributed by atoms with Gasteiger partial charge >= 0.3 is 11.6 Å². The zero-order valence-corrected chi connectivity index (χ0v) is 16.5. The first-order valence-corrected chi connectivity index (χ1v) is 8.95. The number of fused-ring (bicyclic) bond motifs is 1. The van der Waals surface area contributed by atoms with Gasteiger partial charge in [-0.2, -0.15) is 0 Å². The lowest BCUT2D eigenvalue weighted by atomic mass is 10.0. The van der Waals surface area contributed by atoms with Gasteiger partial charge in [0, 0.05) is 17.0 Å². The van der Waals surface area contributed by atoms with Crippen LogP contribution in [0.2, 0.25) is 10.0 Å². The molecule has 146 valence electrons. The lowest BCUT2D eigenvalue weighted by Gasteiger charge is -2.12. The van der Waals surface area contributed by atoms with Crippen molar-refractivity contribution >= 4 is 40.1 Å². The van der Waals surface area contributed by atoms with Gasteiger partial charge < -0.3 is 13.9 Å². The first-order valence-electron chi connectivity index (χ1n) is 8.19. The Labute approximate surface area is 169 Å². The number of halogens is 3. The highest BCUT2D eigenvalue weighted by Gasteiger charge is 2.17. The number of benzene rings is 2. The van der Waals surface area contributed by atoms with Crippen LogP contribution in [0.25, 0.3) is 11.0 Å². The van der Waals surface area contributed by atoms with E-state index in [2.05, 4.69) is 4.74 Å². The van der Waals surface area contributed by atoms with Crippen molar-refractivity contribution in [2.75, 3.05) is 7.11 Å². The van der Waals surface area contributed by atoms with Crippen molar-refractivity contribution in [1.82, 2.24) is 0 Å². The predicted octanol–water partition coefficient (Wildman–Crippen LogP) is 4.84. The van der Waals surface area contributed by atoms with Gasteiger partial charge in [-0.1, -0.05) is 29.3 Å². The molecule has 5 nitrogen and oxygen atoms in total. The highest BCUT2D eigenvalue weighted by atomic mass is 35.5. The maximum absolute atomic E-state index is 13.1. The molecule has 0 radical (unpaired) electrons. The van der Waals surface area contributed by atoms with Crippen molar-refractivity contribution in [2.45, 2.75) is 20.0 Å². The van der Waals surface area contributed by atoms with Crippen molar-refractivity contribution in [3.63, 3.8) is 0 Å². The molecule has 1 heterocycles. The topological polar surface area (TPSA) is 65.7 Å². The van der Waals surface area contributed by atoms with E-state index >= 15 is 0 Å². The summed E-state index contributed by atoms with van der Waals surface area (Å²) in [6.45, 7) is 1.75. The molecule has 28 heavy (non-hydrogen) atoms. The molecule has 0 amide bonds. The van der Waals surface area contributed by atoms with Gasteiger partial charge in [-0.3, -0.25) is 4.79 Å². The number of ether oxygens (including phenoxy) is 2. The number of methoxy groups -OCH3 is 1. The van der Waals surface area contributed by atoms with Crippen LogP contribution in [-0.4, -0.2) is 13.1 Å². The van der Waals surface area contributed by atoms with Crippen molar-refractivity contribution in [2.24, 2.45) is 0 Å². The molecule has 3 rings (SSSR count). The molecule has 2 aromatic carbocycles. The number of esters is 1. The second-order valence-electron chi connectivity index (χ2n) is 6.05. The van der Waals surface area contributed by atoms with Crippen LogP contribution >= 0.6 is 23.2 Å². The van der Waals surface area contributed by atoms with Crippen molar-refractivity contribution in [3.8, 4) is 5.75 Å². The zero-order chi connectivity index (χ0) is 20.4. The molecule has 0 unspecified atom stereocenters. The molecule has 3 aromatic rings. The lowest BCUT2D eigenvalue weighted by molar-refractivity contribution is -0.139. The van der Waals surface area contributed by atoms with E-state index < -0.39 is 17.4 Å². The van der Waals surface area contributed by atoms with E-state index in [9.17, 15) is 14.0 Å². The van der Waals surface area contributed by atoms with E-state index in [-0.39, 0.29) is 40.0 Å². The fourth-order valence-electron chi connectivity index (χ4n) is 2.72. The number of hydrogen-bond donors (Lipinski definition) is 0. The predicted molar refractivity (Wildman–Crippen MR) is 104 cm³/mol. The molecule has 0 aliphatic rings. The third kappa shape index (κ3) is 4.13. The summed E-state index contributed by atoms with van der Waals surface area (Å²) in [5, 5.41) is 1.09. The average molecular weight is 425 g/mol. The maximum Gasteiger partial charge on any atom is 0.340 e. The van der Waals surface area contributed by atoms with Crippen LogP contribution < -0.4 is 10.4 Å². The van der Waals surface area contributed by atoms with Gasteiger partial charge in [-0.05, 0) is 30.7 Å². The Kier molecular flexibility index (Phi) is 5.91. The summed E-state index contributed by atoms with van der Waals surface area (Å²) in [7, 11) is 1.24. The molecule has 0 aliphatic heterocycles. The van der Waals surface area contributed by atoms with Gasteiger partial charge in [0.15, 0.2) is 0 Å². The van der Waals surface area contributed by atoms with Crippen LogP contribution in [0.5, 0.6) is 5.75 Å². The van der Waals surface area contributed by atoms with Crippen LogP contribution in [0.3, 0.4) is 0 Å². The number of hydrogen-bond acceptors (Lipinski definition) is 5. The molecular formula is C20H15Cl2FO5. The Hall–Kier alpha value is -2.57. The minimum atomic E-state index is -0.634. The minimum absolute atomic E-state index is 0.0496. The van der Waals surface area contributed by atoms with Gasteiger partial charge in [-0.25, -0.2) is 9.18 Å². The Morgan fingerprint density at radius 3 is 2.61 bits per heavy atom. The van der Waals surface area contributed by atoms with E-state index in [4.69, 9.17) is 32.4 Å². The molecule has 0 atom stereocenters. The molecule has 1 aromatic heterocycles. The monoisotopic (exact) mass is 424 g/mol. The number of rotatable bonds is 5. The van der Waals surface area contributed by atoms with Crippen molar-refractivity contribution in [1.29, 1.82) is 0 Å². The van der Waals surface area contributed by atoms with E-state index in [0.29, 0.717) is 16.5 Å². The lowest BCUT2D eigenvalue weighted by Crippen LogP contribution is -2.16. The normalized spacial score (nSPS) is 10.9. The maximum atomic E-state index is 13.1. The second-order valence-corrected chi connectivity index (χ2v) is 6.86. The standard InChI is InChI=1S/C20H15Cl2FO5/c1-10-13-6-16(22)18(27-9-11-3-4-12(23)5-15(11)21)8-17(13)28-20(25)14(10)7-19(24)26-2/h3-6,8H,7,9H2,1-2H3. The van der Waals surface area contributed by atoms with Gasteiger partial charge in [-0.15, -0.1) is 0 Å². The summed E-state index contributed by atoms with van der Waals surface area (Å²) in [4.78, 5) is 23.8. The number of aryl methyl sites for hydroxylation is 1. The van der Waals surface area contributed by atoms with Crippen LogP contribution in [0.1, 0.15) is 16.7 Å². The average Bonchev–Trinajstić information content (AvgIpc) is 2.65. The van der Waals surface area contributed by atoms with E-state index in [1.54, 1.807) is 13.0 Å². The van der Waals surface area contributed by atoms with E-state index in [1.807, 2.05) is 0 Å². The Balaban J connectivity index is 1.95. The molecule has 0 spiro atoms. The van der Waals surface area contributed by atoms with Gasteiger partial charge in [0.25, 0.3) is 0 Å². The summed E-state index contributed by atoms with van der Waals surface area (Å²) in [5.41, 5.74) is 0.991. The minimum Gasteiger partial charge on any atom is -0.487 e. The van der Waals surface area contributed by atoms with Crippen LogP contribution in [0.4, 0.5) is 4.39 Å². The fourth-order valence-corrected chi connectivity index (χ4v) is 3.16. The number of carbonyl (C=O) groups excluding carboxylic acids is 1. The van der Waals surface area contributed by atoms with E-state index in [1.165, 1.54) is 31.4 Å². The highest BCUT2D eigenvalue weighted by Crippen LogP contribution is 2.33. The highest BCUT2D eigenvalue weighted by molar-refractivity contribution is 6.33. The molecular weight excluding hydrogens is 410 g/mol. The Morgan fingerprint density at radius 2 is 1.93 bits per heavy atom. The van der Waals surface area contributed by atoms with Crippen molar-refractivity contribution < 1.29 is 23.1 Å². The van der Waals surface area contributed by atoms with Gasteiger partial charge in [0.2, 0.25) is 0 Å². The fraction of sp³-hybridized carbons (Fsp3) is 0.200. The molecule has 0 fully saturated rings. The zero-order valence-electron chi connectivity index (χ0n) is 15.0. The van der Waals surface area contributed by atoms with E-state index in [0.717, 1.165) is 0 Å². The van der Waals surface area contributed by atoms with Gasteiger partial charge in [0.1, 0.15) is 23.8 Å². The van der Waals surface area contributed by atoms with Crippen molar-refractivity contribution in [3.05, 3.63) is 73.3 Å². The summed E-state index contributed by atoms with van der Waals surface area (Å²) in [5.74, 6) is -0.715. The molecule has 8 heteroatoms. The summed E-state index contributed by atoms with van der Waals surface area (Å²) in [6.07, 6.45) is -0.195. The van der Waals surface area contributed by atoms with Crippen LogP contribution in [0.15, 0.2) is 39.5 Å². The largest absolute Gasteiger partial charge is 0.487 e. The van der Waals surface area contributed by atoms with Gasteiger partial charge in [0.05, 0.1) is 29.1 Å². The number of carbonyl (C=O) groups is 1. The molecule has 0 bridgehead atoms. The van der Waals surface area contributed by atoms with Crippen LogP contribution in [-0.2, 0) is 22.6 Å². The molecule has 0 N–H and O–H groups in total.